The summed E-state index contributed by atoms with van der Waals surface area (Å²) >= 11 is 0. The van der Waals surface area contributed by atoms with Gasteiger partial charge >= 0.3 is 0 Å². The Hall–Kier alpha value is -1.51. The molecule has 1 heterocycles. The average Bonchev–Trinajstić information content (AvgIpc) is 2.05. The fourth-order valence-corrected chi connectivity index (χ4v) is 1.54. The normalized spacial score (nSPS) is 15.0. The van der Waals surface area contributed by atoms with Gasteiger partial charge in [0.15, 0.2) is 0 Å². The van der Waals surface area contributed by atoms with Crippen molar-refractivity contribution in [2.24, 2.45) is 0 Å². The van der Waals surface area contributed by atoms with E-state index in [1.165, 1.54) is 0 Å². The monoisotopic (exact) mass is 190 g/mol. The van der Waals surface area contributed by atoms with E-state index in [2.05, 4.69) is 0 Å². The summed E-state index contributed by atoms with van der Waals surface area (Å²) in [5.74, 6) is 0.189. The maximum Gasteiger partial charge on any atom is 0.227 e. The summed E-state index contributed by atoms with van der Waals surface area (Å²) in [6.45, 7) is 1.82. The number of nitrogen functional groups attached to an aromatic ring is 1. The van der Waals surface area contributed by atoms with Crippen LogP contribution in [0.25, 0.3) is 0 Å². The topological polar surface area (TPSA) is 46.3 Å². The molecule has 2 N–H and O–H groups in total. The molecule has 0 radical (unpaired) electrons. The molecule has 1 fully saturated rings. The van der Waals surface area contributed by atoms with Gasteiger partial charge in [-0.25, -0.2) is 0 Å². The Kier molecular flexibility index (Phi) is 2.39. The molecule has 1 aliphatic heterocycles. The van der Waals surface area contributed by atoms with Crippen molar-refractivity contribution in [3.63, 3.8) is 0 Å². The second-order valence-corrected chi connectivity index (χ2v) is 3.61. The van der Waals surface area contributed by atoms with Crippen molar-refractivity contribution in [2.45, 2.75) is 12.8 Å². The largest absolute Gasteiger partial charge is 0.398 e. The van der Waals surface area contributed by atoms with Gasteiger partial charge in [0.05, 0.1) is 6.42 Å². The molecule has 1 amide bonds. The van der Waals surface area contributed by atoms with Gasteiger partial charge in [0.2, 0.25) is 5.91 Å². The van der Waals surface area contributed by atoms with E-state index in [0.717, 1.165) is 25.1 Å². The molecule has 2 rings (SSSR count). The number of carbonyl (C=O) groups excluding carboxylic acids is 1. The lowest BCUT2D eigenvalue weighted by molar-refractivity contribution is -0.133. The van der Waals surface area contributed by atoms with E-state index in [4.69, 9.17) is 5.73 Å². The SMILES string of the molecule is Nc1ccccc1CC(=O)N1CCC1. The quantitative estimate of drug-likeness (QED) is 0.708. The molecule has 74 valence electrons. The summed E-state index contributed by atoms with van der Waals surface area (Å²) < 4.78 is 0. The van der Waals surface area contributed by atoms with E-state index < -0.39 is 0 Å². The van der Waals surface area contributed by atoms with Gasteiger partial charge in [0.1, 0.15) is 0 Å². The molecule has 1 saturated heterocycles. The van der Waals surface area contributed by atoms with Crippen molar-refractivity contribution < 1.29 is 4.79 Å². The minimum atomic E-state index is 0.189. The smallest absolute Gasteiger partial charge is 0.227 e. The van der Waals surface area contributed by atoms with Crippen LogP contribution >= 0.6 is 0 Å². The summed E-state index contributed by atoms with van der Waals surface area (Å²) in [4.78, 5) is 13.5. The van der Waals surface area contributed by atoms with Crippen molar-refractivity contribution in [3.05, 3.63) is 29.8 Å². The van der Waals surface area contributed by atoms with Crippen LogP contribution < -0.4 is 5.73 Å². The van der Waals surface area contributed by atoms with Crippen LogP contribution in [-0.2, 0) is 11.2 Å². The molecule has 1 aliphatic rings. The number of rotatable bonds is 2. The molecule has 0 bridgehead atoms. The van der Waals surface area contributed by atoms with Crippen molar-refractivity contribution >= 4 is 11.6 Å². The predicted molar refractivity (Wildman–Crippen MR) is 55.8 cm³/mol. The highest BCUT2D eigenvalue weighted by Gasteiger charge is 2.20. The zero-order valence-corrected chi connectivity index (χ0v) is 8.07. The summed E-state index contributed by atoms with van der Waals surface area (Å²) in [6.07, 6.45) is 1.57. The molecular weight excluding hydrogens is 176 g/mol. The average molecular weight is 190 g/mol. The second kappa shape index (κ2) is 3.70. The molecule has 0 spiro atoms. The molecule has 3 nitrogen and oxygen atoms in total. The van der Waals surface area contributed by atoms with Crippen molar-refractivity contribution in [2.75, 3.05) is 18.8 Å². The molecule has 0 aliphatic carbocycles. The molecule has 0 saturated carbocycles. The van der Waals surface area contributed by atoms with E-state index in [0.29, 0.717) is 12.1 Å². The first-order valence-corrected chi connectivity index (χ1v) is 4.88. The maximum atomic E-state index is 11.6. The van der Waals surface area contributed by atoms with Crippen LogP contribution in [0.15, 0.2) is 24.3 Å². The Bertz CT molecular complexity index is 345. The molecule has 14 heavy (non-hydrogen) atoms. The maximum absolute atomic E-state index is 11.6. The molecular formula is C11H14N2O. The molecule has 1 aromatic carbocycles. The Morgan fingerprint density at radius 3 is 2.64 bits per heavy atom. The van der Waals surface area contributed by atoms with Crippen molar-refractivity contribution in [1.29, 1.82) is 0 Å². The van der Waals surface area contributed by atoms with Crippen molar-refractivity contribution in [3.8, 4) is 0 Å². The summed E-state index contributed by atoms with van der Waals surface area (Å²) in [6, 6.07) is 7.54. The number of para-hydroxylation sites is 1. The number of amides is 1. The van der Waals surface area contributed by atoms with Crippen LogP contribution in [0.5, 0.6) is 0 Å². The van der Waals surface area contributed by atoms with Gasteiger partial charge in [-0.3, -0.25) is 4.79 Å². The van der Waals surface area contributed by atoms with Gasteiger partial charge in [-0.1, -0.05) is 18.2 Å². The number of hydrogen-bond acceptors (Lipinski definition) is 2. The lowest BCUT2D eigenvalue weighted by atomic mass is 10.1. The van der Waals surface area contributed by atoms with Crippen LogP contribution in [0, 0.1) is 0 Å². The van der Waals surface area contributed by atoms with Crippen LogP contribution in [0.3, 0.4) is 0 Å². The lowest BCUT2D eigenvalue weighted by Crippen LogP contribution is -2.42. The lowest BCUT2D eigenvalue weighted by Gasteiger charge is -2.31. The fourth-order valence-electron chi connectivity index (χ4n) is 1.54. The molecule has 0 unspecified atom stereocenters. The van der Waals surface area contributed by atoms with Gasteiger partial charge in [-0.2, -0.15) is 0 Å². The first-order chi connectivity index (χ1) is 6.77. The van der Waals surface area contributed by atoms with Gasteiger partial charge in [-0.05, 0) is 18.1 Å². The first-order valence-electron chi connectivity index (χ1n) is 4.88. The number of nitrogens with zero attached hydrogens (tertiary/aromatic N) is 1. The Morgan fingerprint density at radius 2 is 2.07 bits per heavy atom. The van der Waals surface area contributed by atoms with Gasteiger partial charge in [0, 0.05) is 18.8 Å². The third kappa shape index (κ3) is 1.71. The molecule has 1 aromatic rings. The highest BCUT2D eigenvalue weighted by atomic mass is 16.2. The highest BCUT2D eigenvalue weighted by molar-refractivity contribution is 5.80. The summed E-state index contributed by atoms with van der Waals surface area (Å²) in [7, 11) is 0. The highest BCUT2D eigenvalue weighted by Crippen LogP contribution is 2.14. The van der Waals surface area contributed by atoms with Gasteiger partial charge < -0.3 is 10.6 Å². The summed E-state index contributed by atoms with van der Waals surface area (Å²) in [5.41, 5.74) is 7.40. The number of likely N-dealkylation sites (tertiary alicyclic amines) is 1. The van der Waals surface area contributed by atoms with Crippen LogP contribution in [0.2, 0.25) is 0 Å². The number of carbonyl (C=O) groups is 1. The Balaban J connectivity index is 2.03. The predicted octanol–water partition coefficient (Wildman–Crippen LogP) is 1.04. The van der Waals surface area contributed by atoms with E-state index in [1.54, 1.807) is 0 Å². The van der Waals surface area contributed by atoms with Crippen molar-refractivity contribution in [1.82, 2.24) is 4.90 Å². The zero-order chi connectivity index (χ0) is 9.97. The summed E-state index contributed by atoms with van der Waals surface area (Å²) in [5, 5.41) is 0. The third-order valence-corrected chi connectivity index (χ3v) is 2.61. The molecule has 0 aromatic heterocycles. The van der Waals surface area contributed by atoms with Crippen LogP contribution in [0.4, 0.5) is 5.69 Å². The van der Waals surface area contributed by atoms with E-state index in [9.17, 15) is 4.79 Å². The number of benzene rings is 1. The second-order valence-electron chi connectivity index (χ2n) is 3.61. The van der Waals surface area contributed by atoms with E-state index in [1.807, 2.05) is 29.2 Å². The standard InChI is InChI=1S/C11H14N2O/c12-10-5-2-1-4-9(10)8-11(14)13-6-3-7-13/h1-2,4-5H,3,6-8,12H2. The zero-order valence-electron chi connectivity index (χ0n) is 8.07. The number of hydrogen-bond donors (Lipinski definition) is 1. The van der Waals surface area contributed by atoms with Gasteiger partial charge in [-0.15, -0.1) is 0 Å². The number of nitrogens with two attached hydrogens (primary N) is 1. The Labute approximate surface area is 83.5 Å². The van der Waals surface area contributed by atoms with Crippen LogP contribution in [0.1, 0.15) is 12.0 Å². The van der Waals surface area contributed by atoms with E-state index in [-0.39, 0.29) is 5.91 Å². The third-order valence-electron chi connectivity index (χ3n) is 2.61. The van der Waals surface area contributed by atoms with E-state index >= 15 is 0 Å². The fraction of sp³-hybridized carbons (Fsp3) is 0.364. The van der Waals surface area contributed by atoms with Gasteiger partial charge in [0.25, 0.3) is 0 Å². The molecule has 0 atom stereocenters. The minimum Gasteiger partial charge on any atom is -0.398 e. The van der Waals surface area contributed by atoms with Crippen LogP contribution in [-0.4, -0.2) is 23.9 Å². The number of anilines is 1. The first kappa shape index (κ1) is 9.06. The minimum absolute atomic E-state index is 0.189. The molecule has 3 heteroatoms. The Morgan fingerprint density at radius 1 is 1.36 bits per heavy atom.